The second kappa shape index (κ2) is 7.74. The van der Waals surface area contributed by atoms with Crippen LogP contribution < -0.4 is 19.5 Å². The van der Waals surface area contributed by atoms with Gasteiger partial charge in [0.05, 0.1) is 32.6 Å². The smallest absolute Gasteiger partial charge is 0.256 e. The number of rotatable bonds is 5. The maximum atomic E-state index is 12.6. The molecule has 0 spiro atoms. The maximum Gasteiger partial charge on any atom is 0.256 e. The van der Waals surface area contributed by atoms with Gasteiger partial charge in [-0.15, -0.1) is 0 Å². The van der Waals surface area contributed by atoms with Crippen molar-refractivity contribution in [1.82, 2.24) is 0 Å². The zero-order chi connectivity index (χ0) is 17.0. The van der Waals surface area contributed by atoms with Gasteiger partial charge in [0.1, 0.15) is 5.75 Å². The van der Waals surface area contributed by atoms with Gasteiger partial charge in [0.25, 0.3) is 5.91 Å². The number of nitrogens with one attached hydrogen (secondary N) is 1. The number of hydrogen-bond donors (Lipinski definition) is 1. The minimum atomic E-state index is -0.295. The Morgan fingerprint density at radius 3 is 2.22 bits per heavy atom. The Hall–Kier alpha value is -1.67. The van der Waals surface area contributed by atoms with Crippen molar-refractivity contribution in [3.8, 4) is 17.2 Å². The monoisotopic (exact) mass is 447 g/mol. The largest absolute Gasteiger partial charge is 0.495 e. The molecule has 2 rings (SSSR count). The van der Waals surface area contributed by atoms with E-state index in [9.17, 15) is 4.79 Å². The molecule has 0 radical (unpaired) electrons. The molecule has 1 N–H and O–H groups in total. The summed E-state index contributed by atoms with van der Waals surface area (Å²) in [5.74, 6) is 1.28. The molecule has 0 atom stereocenters. The zero-order valence-corrected chi connectivity index (χ0v) is 15.7. The predicted octanol–water partition coefficient (Wildman–Crippen LogP) is 4.22. The minimum Gasteiger partial charge on any atom is -0.495 e. The molecule has 0 fully saturated rings. The van der Waals surface area contributed by atoms with Gasteiger partial charge in [0.2, 0.25) is 0 Å². The number of hydrogen-bond acceptors (Lipinski definition) is 4. The van der Waals surface area contributed by atoms with Gasteiger partial charge in [-0.05, 0) is 52.9 Å². The summed E-state index contributed by atoms with van der Waals surface area (Å²) in [5, 5.41) is 3.30. The number of carbonyl (C=O) groups is 1. The van der Waals surface area contributed by atoms with Gasteiger partial charge < -0.3 is 19.5 Å². The normalized spacial score (nSPS) is 10.1. The van der Waals surface area contributed by atoms with Crippen molar-refractivity contribution in [1.29, 1.82) is 0 Å². The van der Waals surface area contributed by atoms with Gasteiger partial charge in [-0.1, -0.05) is 11.6 Å². The van der Waals surface area contributed by atoms with Gasteiger partial charge in [0, 0.05) is 8.59 Å². The van der Waals surface area contributed by atoms with Crippen molar-refractivity contribution in [2.24, 2.45) is 0 Å². The molecule has 0 aliphatic carbocycles. The Kier molecular flexibility index (Phi) is 5.95. The second-order valence-electron chi connectivity index (χ2n) is 4.49. The molecule has 0 heterocycles. The second-order valence-corrected chi connectivity index (χ2v) is 6.08. The third-order valence-electron chi connectivity index (χ3n) is 3.13. The minimum absolute atomic E-state index is 0.295. The third-order valence-corrected chi connectivity index (χ3v) is 4.26. The summed E-state index contributed by atoms with van der Waals surface area (Å²) >= 11 is 8.05. The van der Waals surface area contributed by atoms with Crippen molar-refractivity contribution >= 4 is 45.8 Å². The molecule has 5 nitrogen and oxygen atoms in total. The summed E-state index contributed by atoms with van der Waals surface area (Å²) in [6.45, 7) is 0. The van der Waals surface area contributed by atoms with Crippen molar-refractivity contribution in [2.75, 3.05) is 26.6 Å². The molecule has 7 heteroatoms. The lowest BCUT2D eigenvalue weighted by molar-refractivity contribution is 0.102. The van der Waals surface area contributed by atoms with Crippen LogP contribution in [0.25, 0.3) is 0 Å². The summed E-state index contributed by atoms with van der Waals surface area (Å²) in [7, 11) is 4.59. The molecule has 0 aliphatic rings. The van der Waals surface area contributed by atoms with Crippen LogP contribution >= 0.6 is 34.2 Å². The van der Waals surface area contributed by atoms with Crippen LogP contribution in [-0.2, 0) is 0 Å². The zero-order valence-electron chi connectivity index (χ0n) is 12.8. The summed E-state index contributed by atoms with van der Waals surface area (Å²) in [6.07, 6.45) is 0. The molecular formula is C16H15ClINO4. The summed E-state index contributed by atoms with van der Waals surface area (Å²) in [6, 6.07) is 8.39. The predicted molar refractivity (Wildman–Crippen MR) is 98.2 cm³/mol. The first-order valence-corrected chi connectivity index (χ1v) is 8.02. The van der Waals surface area contributed by atoms with E-state index in [1.807, 2.05) is 0 Å². The van der Waals surface area contributed by atoms with E-state index in [4.69, 9.17) is 25.8 Å². The fourth-order valence-corrected chi connectivity index (χ4v) is 2.85. The SMILES string of the molecule is COc1ccc(Cl)cc1NC(=O)c1cc(OC)c(OC)cc1I. The number of carbonyl (C=O) groups excluding carboxylic acids is 1. The van der Waals surface area contributed by atoms with E-state index >= 15 is 0 Å². The van der Waals surface area contributed by atoms with Crippen LogP contribution in [-0.4, -0.2) is 27.2 Å². The topological polar surface area (TPSA) is 56.8 Å². The molecule has 0 bridgehead atoms. The van der Waals surface area contributed by atoms with Crippen LogP contribution in [0.5, 0.6) is 17.2 Å². The van der Waals surface area contributed by atoms with Gasteiger partial charge in [-0.2, -0.15) is 0 Å². The molecule has 2 aromatic rings. The van der Waals surface area contributed by atoms with Crippen LogP contribution in [0.2, 0.25) is 5.02 Å². The van der Waals surface area contributed by atoms with E-state index in [-0.39, 0.29) is 5.91 Å². The van der Waals surface area contributed by atoms with E-state index in [0.717, 1.165) is 3.57 Å². The van der Waals surface area contributed by atoms with Crippen LogP contribution in [0.4, 0.5) is 5.69 Å². The molecule has 0 aliphatic heterocycles. The number of ether oxygens (including phenoxy) is 3. The number of anilines is 1. The van der Waals surface area contributed by atoms with Crippen molar-refractivity contribution in [3.63, 3.8) is 0 Å². The van der Waals surface area contributed by atoms with Crippen LogP contribution in [0.1, 0.15) is 10.4 Å². The van der Waals surface area contributed by atoms with Gasteiger partial charge in [0.15, 0.2) is 11.5 Å². The number of halogens is 2. The first-order valence-electron chi connectivity index (χ1n) is 6.56. The average Bonchev–Trinajstić information content (AvgIpc) is 2.54. The Morgan fingerprint density at radius 2 is 1.61 bits per heavy atom. The molecule has 0 unspecified atom stereocenters. The Bertz CT molecular complexity index is 736. The molecule has 122 valence electrons. The van der Waals surface area contributed by atoms with Crippen molar-refractivity contribution in [2.45, 2.75) is 0 Å². The average molecular weight is 448 g/mol. The summed E-state index contributed by atoms with van der Waals surface area (Å²) < 4.78 is 16.4. The van der Waals surface area contributed by atoms with E-state index in [1.54, 1.807) is 37.4 Å². The van der Waals surface area contributed by atoms with E-state index in [0.29, 0.717) is 33.5 Å². The highest BCUT2D eigenvalue weighted by Gasteiger charge is 2.17. The van der Waals surface area contributed by atoms with Gasteiger partial charge in [-0.25, -0.2) is 0 Å². The highest BCUT2D eigenvalue weighted by Crippen LogP contribution is 2.33. The van der Waals surface area contributed by atoms with E-state index in [2.05, 4.69) is 27.9 Å². The summed E-state index contributed by atoms with van der Waals surface area (Å²) in [4.78, 5) is 12.6. The van der Waals surface area contributed by atoms with Gasteiger partial charge in [-0.3, -0.25) is 4.79 Å². The van der Waals surface area contributed by atoms with Gasteiger partial charge >= 0.3 is 0 Å². The van der Waals surface area contributed by atoms with E-state index in [1.165, 1.54) is 14.2 Å². The lowest BCUT2D eigenvalue weighted by Crippen LogP contribution is -2.14. The van der Waals surface area contributed by atoms with Crippen molar-refractivity contribution < 1.29 is 19.0 Å². The first-order chi connectivity index (χ1) is 11.0. The number of amides is 1. The molecule has 1 amide bonds. The number of benzene rings is 2. The molecule has 23 heavy (non-hydrogen) atoms. The highest BCUT2D eigenvalue weighted by atomic mass is 127. The molecule has 0 saturated heterocycles. The Labute approximate surface area is 153 Å². The Balaban J connectivity index is 2.36. The lowest BCUT2D eigenvalue weighted by atomic mass is 10.1. The van der Waals surface area contributed by atoms with Crippen LogP contribution in [0, 0.1) is 3.57 Å². The van der Waals surface area contributed by atoms with E-state index < -0.39 is 0 Å². The number of methoxy groups -OCH3 is 3. The molecule has 0 aromatic heterocycles. The first kappa shape index (κ1) is 17.7. The van der Waals surface area contributed by atoms with Crippen LogP contribution in [0.15, 0.2) is 30.3 Å². The fourth-order valence-electron chi connectivity index (χ4n) is 2.00. The highest BCUT2D eigenvalue weighted by molar-refractivity contribution is 14.1. The lowest BCUT2D eigenvalue weighted by Gasteiger charge is -2.14. The fraction of sp³-hybridized carbons (Fsp3) is 0.188. The quantitative estimate of drug-likeness (QED) is 0.697. The third kappa shape index (κ3) is 4.00. The molecular weight excluding hydrogens is 433 g/mol. The molecule has 2 aromatic carbocycles. The molecule has 0 saturated carbocycles. The van der Waals surface area contributed by atoms with Crippen LogP contribution in [0.3, 0.4) is 0 Å². The maximum absolute atomic E-state index is 12.6. The van der Waals surface area contributed by atoms with Crippen molar-refractivity contribution in [3.05, 3.63) is 44.5 Å². The standard InChI is InChI=1S/C16H15ClINO4/c1-21-13-5-4-9(17)6-12(13)19-16(20)10-7-14(22-2)15(23-3)8-11(10)18/h4-8H,1-3H3,(H,19,20). The summed E-state index contributed by atoms with van der Waals surface area (Å²) in [5.41, 5.74) is 0.959. The Morgan fingerprint density at radius 1 is 1.00 bits per heavy atom.